The quantitative estimate of drug-likeness (QED) is 0.880. The fraction of sp³-hybridized carbons (Fsp3) is 0.500. The van der Waals surface area contributed by atoms with Crippen LogP contribution in [0.15, 0.2) is 27.6 Å². The minimum absolute atomic E-state index is 0.0754. The first-order valence-corrected chi connectivity index (χ1v) is 7.98. The van der Waals surface area contributed by atoms with E-state index in [4.69, 9.17) is 9.26 Å². The fourth-order valence-electron chi connectivity index (χ4n) is 2.97. The average molecular weight is 332 g/mol. The van der Waals surface area contributed by atoms with Crippen LogP contribution in [-0.2, 0) is 11.2 Å². The molecule has 0 unspecified atom stereocenters. The lowest BCUT2D eigenvalue weighted by Crippen LogP contribution is -2.39. The Balaban J connectivity index is 1.57. The van der Waals surface area contributed by atoms with E-state index < -0.39 is 0 Å². The normalized spacial score (nSPS) is 17.7. The van der Waals surface area contributed by atoms with Gasteiger partial charge in [-0.15, -0.1) is 0 Å². The Hall–Kier alpha value is -2.64. The van der Waals surface area contributed by atoms with Gasteiger partial charge in [-0.2, -0.15) is 0 Å². The molecular weight excluding hydrogens is 312 g/mol. The molecule has 0 aromatic carbocycles. The van der Waals surface area contributed by atoms with Crippen LogP contribution in [0.1, 0.15) is 36.6 Å². The van der Waals surface area contributed by atoms with Gasteiger partial charge in [0.05, 0.1) is 7.11 Å². The van der Waals surface area contributed by atoms with E-state index in [1.165, 1.54) is 13.3 Å². The van der Waals surface area contributed by atoms with Gasteiger partial charge in [-0.25, -0.2) is 9.78 Å². The van der Waals surface area contributed by atoms with Gasteiger partial charge in [0.1, 0.15) is 5.76 Å². The number of likely N-dealkylation sites (tertiary alicyclic amines) is 1. The summed E-state index contributed by atoms with van der Waals surface area (Å²) in [5.74, 6) is 1.26. The van der Waals surface area contributed by atoms with Crippen LogP contribution in [0.2, 0.25) is 0 Å². The second-order valence-electron chi connectivity index (χ2n) is 5.84. The number of piperidine rings is 1. The van der Waals surface area contributed by atoms with Crippen molar-refractivity contribution in [1.29, 1.82) is 0 Å². The number of aromatic nitrogens is 3. The molecule has 2 aromatic rings. The zero-order valence-corrected chi connectivity index (χ0v) is 13.5. The molecule has 0 bridgehead atoms. The first kappa shape index (κ1) is 16.2. The van der Waals surface area contributed by atoms with Gasteiger partial charge in [0, 0.05) is 49.8 Å². The molecule has 0 aliphatic carbocycles. The molecule has 3 rings (SSSR count). The molecule has 1 fully saturated rings. The van der Waals surface area contributed by atoms with Crippen LogP contribution in [0.25, 0.3) is 0 Å². The SMILES string of the molecule is COc1cc(CCC(=O)N2CCC[C@@H](c3ccnc(=O)[nH]3)C2)on1. The molecule has 1 saturated heterocycles. The smallest absolute Gasteiger partial charge is 0.345 e. The number of carbonyl (C=O) groups excluding carboxylic acids is 1. The Morgan fingerprint density at radius 2 is 2.42 bits per heavy atom. The van der Waals surface area contributed by atoms with E-state index in [0.29, 0.717) is 31.0 Å². The molecule has 8 nitrogen and oxygen atoms in total. The second-order valence-corrected chi connectivity index (χ2v) is 5.84. The number of H-pyrrole nitrogens is 1. The Morgan fingerprint density at radius 1 is 1.54 bits per heavy atom. The van der Waals surface area contributed by atoms with Crippen molar-refractivity contribution in [2.75, 3.05) is 20.2 Å². The van der Waals surface area contributed by atoms with Crippen molar-refractivity contribution in [3.8, 4) is 5.88 Å². The highest BCUT2D eigenvalue weighted by Gasteiger charge is 2.25. The third-order valence-corrected chi connectivity index (χ3v) is 4.24. The molecule has 8 heteroatoms. The lowest BCUT2D eigenvalue weighted by Gasteiger charge is -2.32. The van der Waals surface area contributed by atoms with E-state index in [-0.39, 0.29) is 17.5 Å². The third-order valence-electron chi connectivity index (χ3n) is 4.24. The summed E-state index contributed by atoms with van der Waals surface area (Å²) in [7, 11) is 1.52. The van der Waals surface area contributed by atoms with E-state index in [0.717, 1.165) is 25.1 Å². The molecule has 1 atom stereocenters. The summed E-state index contributed by atoms with van der Waals surface area (Å²) in [5.41, 5.74) is 0.489. The molecule has 1 amide bonds. The largest absolute Gasteiger partial charge is 0.479 e. The Kier molecular flexibility index (Phi) is 4.93. The average Bonchev–Trinajstić information content (AvgIpc) is 3.08. The monoisotopic (exact) mass is 332 g/mol. The molecule has 1 aliphatic rings. The molecule has 1 N–H and O–H groups in total. The van der Waals surface area contributed by atoms with Crippen molar-refractivity contribution in [1.82, 2.24) is 20.0 Å². The first-order valence-electron chi connectivity index (χ1n) is 7.98. The maximum Gasteiger partial charge on any atom is 0.345 e. The summed E-state index contributed by atoms with van der Waals surface area (Å²) in [6, 6.07) is 3.49. The van der Waals surface area contributed by atoms with E-state index in [2.05, 4.69) is 15.1 Å². The van der Waals surface area contributed by atoms with Crippen molar-refractivity contribution in [3.05, 3.63) is 40.3 Å². The minimum atomic E-state index is -0.352. The van der Waals surface area contributed by atoms with E-state index >= 15 is 0 Å². The topological polar surface area (TPSA) is 101 Å². The predicted octanol–water partition coefficient (Wildman–Crippen LogP) is 1.11. The summed E-state index contributed by atoms with van der Waals surface area (Å²) in [6.45, 7) is 1.35. The summed E-state index contributed by atoms with van der Waals surface area (Å²) in [6.07, 6.45) is 4.21. The lowest BCUT2D eigenvalue weighted by atomic mass is 9.94. The standard InChI is InChI=1S/C16H20N4O4/c1-23-14-9-12(24-19-14)4-5-15(21)20-8-2-3-11(10-20)13-6-7-17-16(22)18-13/h6-7,9,11H,2-5,8,10H2,1H3,(H,17,18,22)/t11-/m1/s1. The van der Waals surface area contributed by atoms with Crippen LogP contribution < -0.4 is 10.4 Å². The predicted molar refractivity (Wildman–Crippen MR) is 84.8 cm³/mol. The van der Waals surface area contributed by atoms with Crippen molar-refractivity contribution >= 4 is 5.91 Å². The van der Waals surface area contributed by atoms with Crippen LogP contribution in [0.5, 0.6) is 5.88 Å². The van der Waals surface area contributed by atoms with Crippen LogP contribution in [0.4, 0.5) is 0 Å². The highest BCUT2D eigenvalue weighted by molar-refractivity contribution is 5.76. The third kappa shape index (κ3) is 3.81. The van der Waals surface area contributed by atoms with E-state index in [1.807, 2.05) is 4.90 Å². The van der Waals surface area contributed by atoms with Crippen molar-refractivity contribution in [2.24, 2.45) is 0 Å². The van der Waals surface area contributed by atoms with Crippen molar-refractivity contribution < 1.29 is 14.1 Å². The van der Waals surface area contributed by atoms with Gasteiger partial charge in [0.2, 0.25) is 5.91 Å². The maximum atomic E-state index is 12.4. The molecule has 0 saturated carbocycles. The zero-order valence-electron chi connectivity index (χ0n) is 13.5. The summed E-state index contributed by atoms with van der Waals surface area (Å²) in [4.78, 5) is 32.1. The molecular formula is C16H20N4O4. The Morgan fingerprint density at radius 3 is 3.17 bits per heavy atom. The number of nitrogens with one attached hydrogen (secondary N) is 1. The van der Waals surface area contributed by atoms with Crippen LogP contribution in [-0.4, -0.2) is 46.1 Å². The Bertz CT molecular complexity index is 754. The molecule has 128 valence electrons. The van der Waals surface area contributed by atoms with Gasteiger partial charge in [-0.3, -0.25) is 4.79 Å². The van der Waals surface area contributed by atoms with Crippen LogP contribution in [0.3, 0.4) is 0 Å². The minimum Gasteiger partial charge on any atom is -0.479 e. The number of amides is 1. The molecule has 24 heavy (non-hydrogen) atoms. The second kappa shape index (κ2) is 7.29. The number of ether oxygens (including phenoxy) is 1. The first-order chi connectivity index (χ1) is 11.7. The summed E-state index contributed by atoms with van der Waals surface area (Å²) in [5, 5.41) is 3.72. The number of aryl methyl sites for hydroxylation is 1. The number of carbonyl (C=O) groups is 1. The molecule has 0 radical (unpaired) electrons. The van der Waals surface area contributed by atoms with Gasteiger partial charge >= 0.3 is 5.69 Å². The number of rotatable bonds is 5. The van der Waals surface area contributed by atoms with Gasteiger partial charge in [0.25, 0.3) is 5.88 Å². The van der Waals surface area contributed by atoms with Gasteiger partial charge in [-0.1, -0.05) is 0 Å². The van der Waals surface area contributed by atoms with Crippen LogP contribution in [0, 0.1) is 0 Å². The maximum absolute atomic E-state index is 12.4. The van der Waals surface area contributed by atoms with E-state index in [1.54, 1.807) is 12.1 Å². The zero-order chi connectivity index (χ0) is 16.9. The Labute approximate surface area is 138 Å². The molecule has 3 heterocycles. The van der Waals surface area contributed by atoms with Crippen LogP contribution >= 0.6 is 0 Å². The van der Waals surface area contributed by atoms with Crippen molar-refractivity contribution in [3.63, 3.8) is 0 Å². The van der Waals surface area contributed by atoms with Gasteiger partial charge in [-0.05, 0) is 24.1 Å². The van der Waals surface area contributed by atoms with Gasteiger partial charge in [0.15, 0.2) is 0 Å². The summed E-state index contributed by atoms with van der Waals surface area (Å²) < 4.78 is 10.1. The number of aromatic amines is 1. The van der Waals surface area contributed by atoms with Crippen molar-refractivity contribution in [2.45, 2.75) is 31.6 Å². The highest BCUT2D eigenvalue weighted by Crippen LogP contribution is 2.25. The number of methoxy groups -OCH3 is 1. The molecule has 2 aromatic heterocycles. The van der Waals surface area contributed by atoms with E-state index in [9.17, 15) is 9.59 Å². The highest BCUT2D eigenvalue weighted by atomic mass is 16.5. The number of hydrogen-bond donors (Lipinski definition) is 1. The lowest BCUT2D eigenvalue weighted by molar-refractivity contribution is -0.132. The fourth-order valence-corrected chi connectivity index (χ4v) is 2.97. The summed E-state index contributed by atoms with van der Waals surface area (Å²) >= 11 is 0. The molecule has 0 spiro atoms. The van der Waals surface area contributed by atoms with Gasteiger partial charge < -0.3 is 19.1 Å². The molecule has 1 aliphatic heterocycles. The number of nitrogens with zero attached hydrogens (tertiary/aromatic N) is 3. The number of hydrogen-bond acceptors (Lipinski definition) is 6.